The van der Waals surface area contributed by atoms with Crippen molar-refractivity contribution in [1.29, 1.82) is 0 Å². The molecule has 0 aliphatic carbocycles. The number of aliphatic imine (C=N–C) groups is 1. The summed E-state index contributed by atoms with van der Waals surface area (Å²) in [4.78, 5) is 20.2. The van der Waals surface area contributed by atoms with Gasteiger partial charge in [0.2, 0.25) is 0 Å². The molecular formula is C17H24N6O2S. The Morgan fingerprint density at radius 1 is 1.19 bits per heavy atom. The molecule has 2 rings (SSSR count). The number of thiazole rings is 1. The second kappa shape index (κ2) is 9.71. The molecule has 9 heteroatoms. The Morgan fingerprint density at radius 3 is 2.46 bits per heavy atom. The van der Waals surface area contributed by atoms with E-state index in [-0.39, 0.29) is 5.69 Å². The zero-order chi connectivity index (χ0) is 18.9. The lowest BCUT2D eigenvalue weighted by Crippen LogP contribution is -2.40. The van der Waals surface area contributed by atoms with E-state index < -0.39 is 4.92 Å². The number of nitro groups is 1. The fourth-order valence-corrected chi connectivity index (χ4v) is 3.18. The molecule has 2 aromatic rings. The Bertz CT molecular complexity index is 738. The smallest absolute Gasteiger partial charge is 0.269 e. The van der Waals surface area contributed by atoms with Crippen molar-refractivity contribution in [2.75, 3.05) is 32.0 Å². The molecule has 0 fully saturated rings. The summed E-state index contributed by atoms with van der Waals surface area (Å²) in [6.45, 7) is 6.22. The van der Waals surface area contributed by atoms with Crippen LogP contribution in [0.2, 0.25) is 0 Å². The molecule has 0 radical (unpaired) electrons. The molecule has 0 bridgehead atoms. The van der Waals surface area contributed by atoms with E-state index in [4.69, 9.17) is 0 Å². The van der Waals surface area contributed by atoms with Crippen LogP contribution in [0.3, 0.4) is 0 Å². The Morgan fingerprint density at radius 2 is 1.88 bits per heavy atom. The van der Waals surface area contributed by atoms with Crippen LogP contribution in [0.4, 0.5) is 11.4 Å². The highest BCUT2D eigenvalue weighted by molar-refractivity contribution is 7.11. The summed E-state index contributed by atoms with van der Waals surface area (Å²) in [5.41, 5.74) is 2.03. The number of hydrogen-bond acceptors (Lipinski definition) is 6. The highest BCUT2D eigenvalue weighted by atomic mass is 32.1. The third-order valence-electron chi connectivity index (χ3n) is 3.75. The molecule has 8 nitrogen and oxygen atoms in total. The maximum atomic E-state index is 10.6. The Balaban J connectivity index is 1.66. The predicted molar refractivity (Wildman–Crippen MR) is 106 cm³/mol. The molecule has 1 aromatic carbocycles. The molecule has 0 amide bonds. The summed E-state index contributed by atoms with van der Waals surface area (Å²) in [6, 6.07) is 6.36. The molecule has 3 N–H and O–H groups in total. The normalized spacial score (nSPS) is 11.3. The number of rotatable bonds is 8. The minimum Gasteiger partial charge on any atom is -0.383 e. The summed E-state index contributed by atoms with van der Waals surface area (Å²) in [6.07, 6.45) is 0.862. The Hall–Kier alpha value is -2.68. The van der Waals surface area contributed by atoms with Crippen LogP contribution in [0.15, 0.2) is 29.3 Å². The summed E-state index contributed by atoms with van der Waals surface area (Å²) in [5, 5.41) is 21.5. The van der Waals surface area contributed by atoms with Gasteiger partial charge in [0.05, 0.1) is 15.6 Å². The second-order valence-corrected chi connectivity index (χ2v) is 6.94. The quantitative estimate of drug-likeness (QED) is 0.215. The van der Waals surface area contributed by atoms with Crippen molar-refractivity contribution in [2.45, 2.75) is 20.3 Å². The largest absolute Gasteiger partial charge is 0.383 e. The predicted octanol–water partition coefficient (Wildman–Crippen LogP) is 2.49. The molecule has 0 spiro atoms. The number of aryl methyl sites for hydroxylation is 2. The fourth-order valence-electron chi connectivity index (χ4n) is 2.24. The number of aromatic nitrogens is 1. The van der Waals surface area contributed by atoms with Crippen LogP contribution in [0, 0.1) is 24.0 Å². The second-order valence-electron chi connectivity index (χ2n) is 5.66. The van der Waals surface area contributed by atoms with E-state index in [1.54, 1.807) is 30.5 Å². The summed E-state index contributed by atoms with van der Waals surface area (Å²) in [7, 11) is 1.73. The topological polar surface area (TPSA) is 104 Å². The van der Waals surface area contributed by atoms with Crippen LogP contribution < -0.4 is 16.0 Å². The van der Waals surface area contributed by atoms with Crippen molar-refractivity contribution < 1.29 is 4.92 Å². The van der Waals surface area contributed by atoms with Crippen molar-refractivity contribution in [3.05, 3.63) is 50.0 Å². The Kier molecular flexibility index (Phi) is 7.34. The van der Waals surface area contributed by atoms with Gasteiger partial charge >= 0.3 is 0 Å². The van der Waals surface area contributed by atoms with E-state index in [0.29, 0.717) is 13.1 Å². The van der Waals surface area contributed by atoms with Crippen LogP contribution in [0.1, 0.15) is 15.6 Å². The van der Waals surface area contributed by atoms with Crippen LogP contribution in [-0.4, -0.2) is 42.5 Å². The van der Waals surface area contributed by atoms with E-state index in [0.717, 1.165) is 35.3 Å². The standard InChI is InChI=1S/C17H24N6O2S/c1-12-13(2)26-16(22-12)8-9-20-17(18-3)21-11-10-19-14-4-6-15(7-5-14)23(24)25/h4-7,19H,8-11H2,1-3H3,(H2,18,20,21). The number of guanidine groups is 1. The first-order valence-corrected chi connectivity index (χ1v) is 9.17. The first kappa shape index (κ1) is 19.6. The molecule has 0 unspecified atom stereocenters. The van der Waals surface area contributed by atoms with Crippen LogP contribution in [0.25, 0.3) is 0 Å². The van der Waals surface area contributed by atoms with Gasteiger partial charge in [0.1, 0.15) is 0 Å². The van der Waals surface area contributed by atoms with Crippen molar-refractivity contribution >= 4 is 28.7 Å². The highest BCUT2D eigenvalue weighted by Gasteiger charge is 2.05. The molecule has 0 atom stereocenters. The SMILES string of the molecule is CN=C(NCCNc1ccc([N+](=O)[O-])cc1)NCCc1nc(C)c(C)s1. The van der Waals surface area contributed by atoms with Gasteiger partial charge in [-0.15, -0.1) is 11.3 Å². The van der Waals surface area contributed by atoms with E-state index in [1.807, 2.05) is 6.92 Å². The average Bonchev–Trinajstić information content (AvgIpc) is 2.95. The van der Waals surface area contributed by atoms with E-state index >= 15 is 0 Å². The molecule has 1 aromatic heterocycles. The van der Waals surface area contributed by atoms with Crippen LogP contribution in [0.5, 0.6) is 0 Å². The maximum absolute atomic E-state index is 10.6. The lowest BCUT2D eigenvalue weighted by atomic mass is 10.3. The van der Waals surface area contributed by atoms with Gasteiger partial charge in [-0.05, 0) is 26.0 Å². The number of anilines is 1. The lowest BCUT2D eigenvalue weighted by Gasteiger charge is -2.12. The van der Waals surface area contributed by atoms with Gasteiger partial charge in [-0.3, -0.25) is 15.1 Å². The number of hydrogen-bond donors (Lipinski definition) is 3. The minimum absolute atomic E-state index is 0.0869. The van der Waals surface area contributed by atoms with Crippen molar-refractivity contribution in [1.82, 2.24) is 15.6 Å². The third-order valence-corrected chi connectivity index (χ3v) is 4.89. The molecule has 0 saturated carbocycles. The molecule has 1 heterocycles. The van der Waals surface area contributed by atoms with Gasteiger partial charge in [0.25, 0.3) is 5.69 Å². The van der Waals surface area contributed by atoms with Gasteiger partial charge in [0.15, 0.2) is 5.96 Å². The number of benzene rings is 1. The van der Waals surface area contributed by atoms with Crippen LogP contribution in [-0.2, 0) is 6.42 Å². The number of non-ortho nitro benzene ring substituents is 1. The lowest BCUT2D eigenvalue weighted by molar-refractivity contribution is -0.384. The third kappa shape index (κ3) is 5.99. The van der Waals surface area contributed by atoms with Gasteiger partial charge < -0.3 is 16.0 Å². The average molecular weight is 376 g/mol. The summed E-state index contributed by atoms with van der Waals surface area (Å²) in [5.74, 6) is 0.737. The van der Waals surface area contributed by atoms with Crippen LogP contribution >= 0.6 is 11.3 Å². The molecule has 0 saturated heterocycles. The van der Waals surface area contributed by atoms with E-state index in [1.165, 1.54) is 17.0 Å². The zero-order valence-electron chi connectivity index (χ0n) is 15.2. The molecular weight excluding hydrogens is 352 g/mol. The summed E-state index contributed by atoms with van der Waals surface area (Å²) < 4.78 is 0. The monoisotopic (exact) mass is 376 g/mol. The molecule has 0 aliphatic rings. The zero-order valence-corrected chi connectivity index (χ0v) is 16.0. The minimum atomic E-state index is -0.407. The van der Waals surface area contributed by atoms with Gasteiger partial charge in [-0.25, -0.2) is 4.98 Å². The molecule has 0 aliphatic heterocycles. The van der Waals surface area contributed by atoms with Crippen molar-refractivity contribution in [3.8, 4) is 0 Å². The fraction of sp³-hybridized carbons (Fsp3) is 0.412. The van der Waals surface area contributed by atoms with E-state index in [2.05, 4.69) is 32.9 Å². The molecule has 26 heavy (non-hydrogen) atoms. The van der Waals surface area contributed by atoms with E-state index in [9.17, 15) is 10.1 Å². The van der Waals surface area contributed by atoms with Crippen molar-refractivity contribution in [3.63, 3.8) is 0 Å². The summed E-state index contributed by atoms with van der Waals surface area (Å²) >= 11 is 1.73. The molecule has 140 valence electrons. The maximum Gasteiger partial charge on any atom is 0.269 e. The highest BCUT2D eigenvalue weighted by Crippen LogP contribution is 2.16. The van der Waals surface area contributed by atoms with Gasteiger partial charge in [-0.1, -0.05) is 0 Å². The number of nitro benzene ring substituents is 1. The number of nitrogens with zero attached hydrogens (tertiary/aromatic N) is 3. The van der Waals surface area contributed by atoms with Gasteiger partial charge in [-0.2, -0.15) is 0 Å². The van der Waals surface area contributed by atoms with Crippen molar-refractivity contribution in [2.24, 2.45) is 4.99 Å². The first-order chi connectivity index (χ1) is 12.5. The van der Waals surface area contributed by atoms with Gasteiger partial charge in [0, 0.05) is 55.8 Å². The Labute approximate surface area is 156 Å². The number of nitrogens with one attached hydrogen (secondary N) is 3. The first-order valence-electron chi connectivity index (χ1n) is 8.35.